The smallest absolute Gasteiger partial charge is 0.263 e. The van der Waals surface area contributed by atoms with Gasteiger partial charge in [0.05, 0.1) is 16.3 Å². The van der Waals surface area contributed by atoms with E-state index in [1.807, 2.05) is 27.0 Å². The number of aryl methyl sites for hydroxylation is 2. The van der Waals surface area contributed by atoms with Gasteiger partial charge in [-0.15, -0.1) is 11.3 Å². The molecule has 1 aromatic rings. The minimum Gasteiger partial charge on any atom is -0.383 e. The van der Waals surface area contributed by atoms with Gasteiger partial charge in [0.1, 0.15) is 0 Å². The summed E-state index contributed by atoms with van der Waals surface area (Å²) >= 11 is 5.04. The maximum Gasteiger partial charge on any atom is 0.263 e. The summed E-state index contributed by atoms with van der Waals surface area (Å²) in [6.45, 7) is 5.30. The van der Waals surface area contributed by atoms with Crippen LogP contribution in [0.25, 0.3) is 0 Å². The Balaban J connectivity index is 2.63. The molecule has 0 saturated heterocycles. The van der Waals surface area contributed by atoms with Crippen LogP contribution in [0.5, 0.6) is 0 Å². The fraction of sp³-hybridized carbons (Fsp3) is 0.583. The van der Waals surface area contributed by atoms with E-state index in [-0.39, 0.29) is 10.7 Å². The number of nitrogens with zero attached hydrogens (tertiary/aromatic N) is 1. The number of hydrogen-bond donors (Lipinski definition) is 0. The lowest BCUT2D eigenvalue weighted by Crippen LogP contribution is -2.33. The van der Waals surface area contributed by atoms with Crippen LogP contribution in [0, 0.1) is 13.8 Å². The Bertz CT molecular complexity index is 372. The number of hydrogen-bond acceptors (Lipinski definition) is 3. The SMILES string of the molecule is COCC(Br)CN(C)C(=O)c1cc(C)c(C)s1. The van der Waals surface area contributed by atoms with Crippen molar-refractivity contribution in [2.24, 2.45) is 0 Å². The van der Waals surface area contributed by atoms with E-state index in [0.717, 1.165) is 4.88 Å². The summed E-state index contributed by atoms with van der Waals surface area (Å²) in [6.07, 6.45) is 0. The Morgan fingerprint density at radius 3 is 2.71 bits per heavy atom. The molecule has 0 aliphatic carbocycles. The Morgan fingerprint density at radius 2 is 2.24 bits per heavy atom. The highest BCUT2D eigenvalue weighted by Gasteiger charge is 2.17. The van der Waals surface area contributed by atoms with E-state index in [9.17, 15) is 4.79 Å². The average molecular weight is 320 g/mol. The van der Waals surface area contributed by atoms with Gasteiger partial charge in [0.2, 0.25) is 0 Å². The first-order valence-corrected chi connectivity index (χ1v) is 7.14. The molecule has 0 radical (unpaired) electrons. The van der Waals surface area contributed by atoms with E-state index in [4.69, 9.17) is 4.74 Å². The molecule has 17 heavy (non-hydrogen) atoms. The summed E-state index contributed by atoms with van der Waals surface area (Å²) in [7, 11) is 3.47. The second-order valence-electron chi connectivity index (χ2n) is 4.09. The summed E-state index contributed by atoms with van der Waals surface area (Å²) in [5.41, 5.74) is 1.18. The monoisotopic (exact) mass is 319 g/mol. The lowest BCUT2D eigenvalue weighted by atomic mass is 10.2. The molecule has 0 bridgehead atoms. The third-order valence-electron chi connectivity index (χ3n) is 2.54. The van der Waals surface area contributed by atoms with Crippen molar-refractivity contribution in [3.05, 3.63) is 21.4 Å². The van der Waals surface area contributed by atoms with E-state index >= 15 is 0 Å². The molecule has 1 unspecified atom stereocenters. The topological polar surface area (TPSA) is 29.5 Å². The van der Waals surface area contributed by atoms with Crippen molar-refractivity contribution in [2.45, 2.75) is 18.7 Å². The molecule has 0 aliphatic rings. The Kier molecular flexibility index (Phi) is 5.62. The van der Waals surface area contributed by atoms with Gasteiger partial charge in [0, 0.05) is 25.6 Å². The van der Waals surface area contributed by atoms with Crippen molar-refractivity contribution in [3.63, 3.8) is 0 Å². The molecule has 5 heteroatoms. The van der Waals surface area contributed by atoms with Gasteiger partial charge >= 0.3 is 0 Å². The summed E-state index contributed by atoms with van der Waals surface area (Å²) in [5.74, 6) is 0.0757. The number of amides is 1. The number of ether oxygens (including phenoxy) is 1. The maximum absolute atomic E-state index is 12.1. The van der Waals surface area contributed by atoms with Gasteiger partial charge in [-0.05, 0) is 25.5 Å². The molecule has 0 aliphatic heterocycles. The van der Waals surface area contributed by atoms with Gasteiger partial charge in [-0.1, -0.05) is 15.9 Å². The number of methoxy groups -OCH3 is 1. The van der Waals surface area contributed by atoms with Crippen molar-refractivity contribution in [3.8, 4) is 0 Å². The van der Waals surface area contributed by atoms with Crippen LogP contribution in [0.3, 0.4) is 0 Å². The predicted molar refractivity (Wildman–Crippen MR) is 75.3 cm³/mol. The zero-order valence-electron chi connectivity index (χ0n) is 10.6. The summed E-state index contributed by atoms with van der Waals surface area (Å²) < 4.78 is 5.03. The van der Waals surface area contributed by atoms with Gasteiger partial charge in [0.15, 0.2) is 0 Å². The first-order valence-electron chi connectivity index (χ1n) is 5.41. The van der Waals surface area contributed by atoms with Gasteiger partial charge in [-0.3, -0.25) is 4.79 Å². The van der Waals surface area contributed by atoms with Gasteiger partial charge < -0.3 is 9.64 Å². The highest BCUT2D eigenvalue weighted by Crippen LogP contribution is 2.22. The second kappa shape index (κ2) is 6.52. The molecule has 0 spiro atoms. The normalized spacial score (nSPS) is 12.5. The minimum atomic E-state index is 0.0757. The van der Waals surface area contributed by atoms with E-state index in [2.05, 4.69) is 15.9 Å². The second-order valence-corrected chi connectivity index (χ2v) is 6.64. The van der Waals surface area contributed by atoms with Crippen LogP contribution in [-0.4, -0.2) is 42.9 Å². The van der Waals surface area contributed by atoms with Crippen molar-refractivity contribution in [1.29, 1.82) is 0 Å². The number of alkyl halides is 1. The zero-order valence-corrected chi connectivity index (χ0v) is 13.0. The molecule has 0 saturated carbocycles. The largest absolute Gasteiger partial charge is 0.383 e. The molecule has 0 aromatic carbocycles. The highest BCUT2D eigenvalue weighted by atomic mass is 79.9. The van der Waals surface area contributed by atoms with Crippen molar-refractivity contribution >= 4 is 33.2 Å². The summed E-state index contributed by atoms with van der Waals surface area (Å²) in [4.78, 5) is 16.0. The minimum absolute atomic E-state index is 0.0757. The fourth-order valence-corrected chi connectivity index (χ4v) is 3.21. The molecule has 0 fully saturated rings. The average Bonchev–Trinajstić information content (AvgIpc) is 2.58. The van der Waals surface area contributed by atoms with E-state index in [1.54, 1.807) is 23.3 Å². The van der Waals surface area contributed by atoms with E-state index in [0.29, 0.717) is 13.2 Å². The van der Waals surface area contributed by atoms with Gasteiger partial charge in [-0.25, -0.2) is 0 Å². The number of thiophene rings is 1. The standard InChI is InChI=1S/C12H18BrNO2S/c1-8-5-11(17-9(8)2)12(15)14(3)6-10(13)7-16-4/h5,10H,6-7H2,1-4H3. The van der Waals surface area contributed by atoms with Crippen LogP contribution in [0.15, 0.2) is 6.07 Å². The van der Waals surface area contributed by atoms with Crippen LogP contribution in [0.2, 0.25) is 0 Å². The van der Waals surface area contributed by atoms with E-state index < -0.39 is 0 Å². The number of carbonyl (C=O) groups excluding carboxylic acids is 1. The maximum atomic E-state index is 12.1. The number of rotatable bonds is 5. The number of halogens is 1. The third-order valence-corrected chi connectivity index (χ3v) is 4.24. The number of carbonyl (C=O) groups is 1. The highest BCUT2D eigenvalue weighted by molar-refractivity contribution is 9.09. The van der Waals surface area contributed by atoms with Gasteiger partial charge in [-0.2, -0.15) is 0 Å². The van der Waals surface area contributed by atoms with Gasteiger partial charge in [0.25, 0.3) is 5.91 Å². The molecule has 1 heterocycles. The third kappa shape index (κ3) is 4.08. The molecule has 1 amide bonds. The molecule has 1 aromatic heterocycles. The zero-order chi connectivity index (χ0) is 13.0. The van der Waals surface area contributed by atoms with E-state index in [1.165, 1.54) is 10.4 Å². The fourth-order valence-electron chi connectivity index (χ4n) is 1.48. The molecular weight excluding hydrogens is 302 g/mol. The molecule has 96 valence electrons. The molecular formula is C12H18BrNO2S. The lowest BCUT2D eigenvalue weighted by molar-refractivity contribution is 0.0789. The first kappa shape index (κ1) is 14.7. The Labute approximate surface area is 115 Å². The summed E-state index contributed by atoms with van der Waals surface area (Å²) in [5, 5.41) is 0. The van der Waals surface area contributed by atoms with Crippen molar-refractivity contribution in [1.82, 2.24) is 4.90 Å². The van der Waals surface area contributed by atoms with Crippen LogP contribution >= 0.6 is 27.3 Å². The first-order chi connectivity index (χ1) is 7.95. The molecule has 1 rings (SSSR count). The van der Waals surface area contributed by atoms with Crippen LogP contribution in [0.1, 0.15) is 20.1 Å². The van der Waals surface area contributed by atoms with Crippen LogP contribution in [0.4, 0.5) is 0 Å². The predicted octanol–water partition coefficient (Wildman–Crippen LogP) is 2.85. The quantitative estimate of drug-likeness (QED) is 0.781. The molecule has 3 nitrogen and oxygen atoms in total. The lowest BCUT2D eigenvalue weighted by Gasteiger charge is -2.19. The Hall–Kier alpha value is -0.390. The van der Waals surface area contributed by atoms with Crippen molar-refractivity contribution < 1.29 is 9.53 Å². The summed E-state index contributed by atoms with van der Waals surface area (Å²) in [6, 6.07) is 1.96. The van der Waals surface area contributed by atoms with Crippen LogP contribution < -0.4 is 0 Å². The van der Waals surface area contributed by atoms with Crippen molar-refractivity contribution in [2.75, 3.05) is 27.3 Å². The van der Waals surface area contributed by atoms with Crippen LogP contribution in [-0.2, 0) is 4.74 Å². The Morgan fingerprint density at radius 1 is 1.59 bits per heavy atom. The molecule has 0 N–H and O–H groups in total. The molecule has 1 atom stereocenters.